The summed E-state index contributed by atoms with van der Waals surface area (Å²) in [7, 11) is 3.29. The first kappa shape index (κ1) is 41.4. The number of carbonyl (C=O) groups excluding carboxylic acids is 2. The predicted molar refractivity (Wildman–Crippen MR) is 219 cm³/mol. The first-order valence-electron chi connectivity index (χ1n) is 19.2. The largest absolute Gasteiger partial charge is 0.491 e. The first-order chi connectivity index (χ1) is 26.7. The molecule has 0 spiro atoms. The molecule has 2 aromatic carbocycles. The van der Waals surface area contributed by atoms with Crippen LogP contribution in [0, 0.1) is 0 Å². The average molecular weight is 807 g/mol. The number of aromatic nitrogens is 2. The third kappa shape index (κ3) is 10.2. The number of rotatable bonds is 13. The summed E-state index contributed by atoms with van der Waals surface area (Å²) >= 11 is 3.16. The molecule has 0 saturated carbocycles. The van der Waals surface area contributed by atoms with Crippen molar-refractivity contribution in [3.8, 4) is 43.8 Å². The third-order valence-electron chi connectivity index (χ3n) is 9.30. The number of likely N-dealkylation sites (tertiary alicyclic amines) is 2. The highest BCUT2D eigenvalue weighted by Gasteiger charge is 2.36. The van der Waals surface area contributed by atoms with E-state index in [-0.39, 0.29) is 24.3 Å². The monoisotopic (exact) mass is 806 g/mol. The minimum absolute atomic E-state index is 0.0749. The number of carbonyl (C=O) groups is 2. The zero-order valence-electron chi connectivity index (χ0n) is 33.7. The molecule has 0 unspecified atom stereocenters. The molecule has 4 aromatic rings. The Morgan fingerprint density at radius 1 is 0.661 bits per heavy atom. The summed E-state index contributed by atoms with van der Waals surface area (Å²) in [5, 5.41) is 1.66. The van der Waals surface area contributed by atoms with Crippen molar-refractivity contribution in [1.29, 1.82) is 0 Å². The van der Waals surface area contributed by atoms with E-state index in [1.807, 2.05) is 100 Å². The van der Waals surface area contributed by atoms with Crippen LogP contribution in [0.1, 0.15) is 89.1 Å². The molecule has 0 bridgehead atoms. The van der Waals surface area contributed by atoms with Crippen LogP contribution in [0.3, 0.4) is 0 Å². The van der Waals surface area contributed by atoms with Gasteiger partial charge >= 0.3 is 12.2 Å². The molecule has 2 fully saturated rings. The number of hydrogen-bond acceptors (Lipinski definition) is 12. The second-order valence-corrected chi connectivity index (χ2v) is 18.0. The average Bonchev–Trinajstić information content (AvgIpc) is 3.97. The highest BCUT2D eigenvalue weighted by molar-refractivity contribution is 7.15. The van der Waals surface area contributed by atoms with Gasteiger partial charge in [-0.15, -0.1) is 22.7 Å². The summed E-state index contributed by atoms with van der Waals surface area (Å²) in [4.78, 5) is 41.3. The molecule has 12 nitrogen and oxygen atoms in total. The summed E-state index contributed by atoms with van der Waals surface area (Å²) in [5.41, 5.74) is 2.38. The van der Waals surface area contributed by atoms with E-state index in [0.717, 1.165) is 67.7 Å². The number of methoxy groups -OCH3 is 2. The van der Waals surface area contributed by atoms with Gasteiger partial charge in [0.2, 0.25) is 0 Å². The molecule has 2 amide bonds. The lowest BCUT2D eigenvalue weighted by molar-refractivity contribution is 0.0216. The van der Waals surface area contributed by atoms with Crippen molar-refractivity contribution in [2.45, 2.75) is 90.5 Å². The van der Waals surface area contributed by atoms with Gasteiger partial charge in [0.1, 0.15) is 45.9 Å². The van der Waals surface area contributed by atoms with Crippen LogP contribution in [0.15, 0.2) is 48.8 Å². The quantitative estimate of drug-likeness (QED) is 0.121. The van der Waals surface area contributed by atoms with Crippen LogP contribution in [-0.2, 0) is 18.9 Å². The van der Waals surface area contributed by atoms with E-state index in [1.54, 1.807) is 36.9 Å². The van der Waals surface area contributed by atoms with E-state index in [4.69, 9.17) is 38.4 Å². The van der Waals surface area contributed by atoms with Crippen LogP contribution in [0.4, 0.5) is 9.59 Å². The summed E-state index contributed by atoms with van der Waals surface area (Å²) in [6, 6.07) is 12.0. The first-order valence-corrected chi connectivity index (χ1v) is 20.8. The Hall–Kier alpha value is -4.24. The molecule has 2 atom stereocenters. The Labute approximate surface area is 338 Å². The standard InChI is InChI=1S/C42H54N4O8S2/c1-41(2,3)53-39(47)45-17-9-11-31(45)35-25-43-37(55-35)27-13-15-29(33(23-27)51-21-19-49-7)30-16-14-28(24-34(30)52-22-20-50-8)38-44-26-36(56-38)32-12-10-18-46(32)40(48)54-42(4,5)6/h13-16,23-26,31-32H,9-12,17-22H2,1-8H3/t31-,32-/m0/s1. The molecule has 0 N–H and O–H groups in total. The summed E-state index contributed by atoms with van der Waals surface area (Å²) in [6.07, 6.45) is 6.70. The highest BCUT2D eigenvalue weighted by Crippen LogP contribution is 2.44. The zero-order chi connectivity index (χ0) is 40.0. The summed E-state index contributed by atoms with van der Waals surface area (Å²) in [6.45, 7) is 14.2. The van der Waals surface area contributed by atoms with Gasteiger partial charge in [0.15, 0.2) is 0 Å². The Balaban J connectivity index is 1.29. The van der Waals surface area contributed by atoms with E-state index in [0.29, 0.717) is 51.0 Å². The van der Waals surface area contributed by atoms with Crippen molar-refractivity contribution < 1.29 is 38.0 Å². The van der Waals surface area contributed by atoms with Gasteiger partial charge in [0.25, 0.3) is 0 Å². The smallest absolute Gasteiger partial charge is 0.410 e. The van der Waals surface area contributed by atoms with Crippen LogP contribution in [0.2, 0.25) is 0 Å². The zero-order valence-corrected chi connectivity index (χ0v) is 35.3. The van der Waals surface area contributed by atoms with Crippen molar-refractivity contribution >= 4 is 34.9 Å². The predicted octanol–water partition coefficient (Wildman–Crippen LogP) is 9.79. The van der Waals surface area contributed by atoms with Crippen molar-refractivity contribution in [3.05, 3.63) is 58.5 Å². The Morgan fingerprint density at radius 3 is 1.45 bits per heavy atom. The molecule has 0 aliphatic carbocycles. The molecular weight excluding hydrogens is 753 g/mol. The second kappa shape index (κ2) is 17.9. The van der Waals surface area contributed by atoms with Gasteiger partial charge in [0, 0.05) is 71.7 Å². The van der Waals surface area contributed by atoms with Gasteiger partial charge in [-0.25, -0.2) is 19.6 Å². The van der Waals surface area contributed by atoms with Gasteiger partial charge in [-0.1, -0.05) is 12.1 Å². The van der Waals surface area contributed by atoms with Gasteiger partial charge in [0.05, 0.1) is 25.3 Å². The normalized spacial score (nSPS) is 17.4. The third-order valence-corrected chi connectivity index (χ3v) is 11.6. The van der Waals surface area contributed by atoms with E-state index < -0.39 is 11.2 Å². The topological polar surface area (TPSA) is 122 Å². The van der Waals surface area contributed by atoms with Crippen LogP contribution < -0.4 is 9.47 Å². The Morgan fingerprint density at radius 2 is 1.07 bits per heavy atom. The number of amides is 2. The van der Waals surface area contributed by atoms with Gasteiger partial charge in [-0.2, -0.15) is 0 Å². The lowest BCUT2D eigenvalue weighted by Gasteiger charge is -2.28. The summed E-state index contributed by atoms with van der Waals surface area (Å²) in [5.74, 6) is 1.33. The van der Waals surface area contributed by atoms with Crippen molar-refractivity contribution in [2.75, 3.05) is 53.7 Å². The van der Waals surface area contributed by atoms with Crippen LogP contribution in [0.5, 0.6) is 11.5 Å². The van der Waals surface area contributed by atoms with Crippen LogP contribution in [0.25, 0.3) is 32.3 Å². The van der Waals surface area contributed by atoms with Crippen LogP contribution >= 0.6 is 22.7 Å². The van der Waals surface area contributed by atoms with E-state index in [2.05, 4.69) is 0 Å². The fraction of sp³-hybridized carbons (Fsp3) is 0.524. The highest BCUT2D eigenvalue weighted by atomic mass is 32.1. The maximum atomic E-state index is 13.0. The molecule has 6 rings (SSSR count). The van der Waals surface area contributed by atoms with Gasteiger partial charge in [-0.3, -0.25) is 0 Å². The molecule has 2 aromatic heterocycles. The molecule has 302 valence electrons. The molecule has 2 aliphatic heterocycles. The number of hydrogen-bond donors (Lipinski definition) is 0. The Kier molecular flexibility index (Phi) is 13.2. The van der Waals surface area contributed by atoms with Gasteiger partial charge in [-0.05, 0) is 91.5 Å². The number of thiazole rings is 2. The number of benzene rings is 2. The van der Waals surface area contributed by atoms with Crippen LogP contribution in [-0.4, -0.2) is 96.9 Å². The maximum Gasteiger partial charge on any atom is 0.410 e. The molecule has 2 saturated heterocycles. The molecule has 2 aliphatic rings. The molecule has 4 heterocycles. The van der Waals surface area contributed by atoms with Crippen molar-refractivity contribution in [1.82, 2.24) is 19.8 Å². The van der Waals surface area contributed by atoms with E-state index in [1.165, 1.54) is 0 Å². The van der Waals surface area contributed by atoms with E-state index in [9.17, 15) is 9.59 Å². The number of ether oxygens (including phenoxy) is 6. The summed E-state index contributed by atoms with van der Waals surface area (Å²) < 4.78 is 34.8. The fourth-order valence-corrected chi connectivity index (χ4v) is 8.94. The SMILES string of the molecule is COCCOc1cc(-c2ncc([C@@H]3CCCN3C(=O)OC(C)(C)C)s2)ccc1-c1ccc(-c2ncc([C@@H]3CCCN3C(=O)OC(C)(C)C)s2)cc1OCCOC. The number of nitrogens with zero attached hydrogens (tertiary/aromatic N) is 4. The second-order valence-electron chi connectivity index (χ2n) is 15.9. The molecule has 0 radical (unpaired) electrons. The lowest BCUT2D eigenvalue weighted by Crippen LogP contribution is -2.36. The minimum atomic E-state index is -0.564. The fourth-order valence-electron chi connectivity index (χ4n) is 6.82. The van der Waals surface area contributed by atoms with Crippen molar-refractivity contribution in [2.24, 2.45) is 0 Å². The van der Waals surface area contributed by atoms with E-state index >= 15 is 0 Å². The molecule has 14 heteroatoms. The lowest BCUT2D eigenvalue weighted by atomic mass is 10.00. The molecule has 56 heavy (non-hydrogen) atoms. The minimum Gasteiger partial charge on any atom is -0.491 e. The van der Waals surface area contributed by atoms with Gasteiger partial charge < -0.3 is 38.2 Å². The Bertz CT molecular complexity index is 1830. The maximum absolute atomic E-state index is 13.0. The molecular formula is C42H54N4O8S2. The van der Waals surface area contributed by atoms with Crippen molar-refractivity contribution in [3.63, 3.8) is 0 Å².